The van der Waals surface area contributed by atoms with E-state index in [-0.39, 0.29) is 11.9 Å². The van der Waals surface area contributed by atoms with E-state index in [1.807, 2.05) is 12.1 Å². The second-order valence-corrected chi connectivity index (χ2v) is 5.00. The average molecular weight is 237 g/mol. The van der Waals surface area contributed by atoms with Gasteiger partial charge in [-0.1, -0.05) is 12.1 Å². The zero-order valence-corrected chi connectivity index (χ0v) is 10.3. The highest BCUT2D eigenvalue weighted by Gasteiger charge is 2.22. The Morgan fingerprint density at radius 2 is 1.76 bits per heavy atom. The number of aliphatic hydroxyl groups excluding tert-OH is 1. The topological polar surface area (TPSA) is 23.5 Å². The Bertz CT molecular complexity index is 344. The summed E-state index contributed by atoms with van der Waals surface area (Å²) in [5.41, 5.74) is 1.14. The molecule has 1 aromatic carbocycles. The largest absolute Gasteiger partial charge is 0.393 e. The SMILES string of the molecule is CN(Cc1ccc(F)cc1)C1CCC(O)CC1. The van der Waals surface area contributed by atoms with E-state index in [1.165, 1.54) is 12.1 Å². The first-order valence-corrected chi connectivity index (χ1v) is 6.28. The fourth-order valence-corrected chi connectivity index (χ4v) is 2.51. The summed E-state index contributed by atoms with van der Waals surface area (Å²) in [5, 5.41) is 9.47. The molecule has 1 fully saturated rings. The molecule has 0 aliphatic heterocycles. The van der Waals surface area contributed by atoms with Crippen molar-refractivity contribution < 1.29 is 9.50 Å². The molecular weight excluding hydrogens is 217 g/mol. The highest BCUT2D eigenvalue weighted by molar-refractivity contribution is 5.15. The van der Waals surface area contributed by atoms with Gasteiger partial charge in [0.25, 0.3) is 0 Å². The highest BCUT2D eigenvalue weighted by Crippen LogP contribution is 2.23. The number of nitrogens with zero attached hydrogens (tertiary/aromatic N) is 1. The summed E-state index contributed by atoms with van der Waals surface area (Å²) >= 11 is 0. The third-order valence-electron chi connectivity index (χ3n) is 3.63. The number of halogens is 1. The van der Waals surface area contributed by atoms with Crippen LogP contribution in [0.15, 0.2) is 24.3 Å². The van der Waals surface area contributed by atoms with Crippen LogP contribution in [-0.2, 0) is 6.54 Å². The molecule has 0 radical (unpaired) electrons. The maximum atomic E-state index is 12.8. The molecule has 0 saturated heterocycles. The van der Waals surface area contributed by atoms with Gasteiger partial charge in [0.05, 0.1) is 6.10 Å². The van der Waals surface area contributed by atoms with E-state index >= 15 is 0 Å². The minimum atomic E-state index is -0.183. The number of benzene rings is 1. The van der Waals surface area contributed by atoms with Crippen molar-refractivity contribution in [2.24, 2.45) is 0 Å². The van der Waals surface area contributed by atoms with Gasteiger partial charge in [0, 0.05) is 12.6 Å². The van der Waals surface area contributed by atoms with E-state index in [2.05, 4.69) is 11.9 Å². The minimum Gasteiger partial charge on any atom is -0.393 e. The van der Waals surface area contributed by atoms with Crippen molar-refractivity contribution >= 4 is 0 Å². The average Bonchev–Trinajstić information content (AvgIpc) is 2.33. The summed E-state index contributed by atoms with van der Waals surface area (Å²) in [6.45, 7) is 0.848. The summed E-state index contributed by atoms with van der Waals surface area (Å²) < 4.78 is 12.8. The lowest BCUT2D eigenvalue weighted by Crippen LogP contribution is -2.35. The first kappa shape index (κ1) is 12.5. The van der Waals surface area contributed by atoms with Crippen LogP contribution < -0.4 is 0 Å². The zero-order chi connectivity index (χ0) is 12.3. The number of hydrogen-bond acceptors (Lipinski definition) is 2. The van der Waals surface area contributed by atoms with Gasteiger partial charge in [-0.2, -0.15) is 0 Å². The van der Waals surface area contributed by atoms with E-state index in [4.69, 9.17) is 0 Å². The molecule has 0 amide bonds. The molecule has 0 spiro atoms. The molecule has 0 unspecified atom stereocenters. The van der Waals surface area contributed by atoms with Gasteiger partial charge in [0.2, 0.25) is 0 Å². The molecule has 1 saturated carbocycles. The van der Waals surface area contributed by atoms with Gasteiger partial charge in [0.15, 0.2) is 0 Å². The van der Waals surface area contributed by atoms with Crippen molar-refractivity contribution in [3.8, 4) is 0 Å². The van der Waals surface area contributed by atoms with Crippen LogP contribution >= 0.6 is 0 Å². The Balaban J connectivity index is 1.88. The number of hydrogen-bond donors (Lipinski definition) is 1. The van der Waals surface area contributed by atoms with Gasteiger partial charge in [-0.15, -0.1) is 0 Å². The van der Waals surface area contributed by atoms with Gasteiger partial charge < -0.3 is 5.11 Å². The Morgan fingerprint density at radius 3 is 2.35 bits per heavy atom. The maximum Gasteiger partial charge on any atom is 0.123 e. The highest BCUT2D eigenvalue weighted by atomic mass is 19.1. The molecule has 2 rings (SSSR count). The van der Waals surface area contributed by atoms with Crippen LogP contribution in [0, 0.1) is 5.82 Å². The quantitative estimate of drug-likeness (QED) is 0.873. The molecule has 94 valence electrons. The molecule has 0 atom stereocenters. The van der Waals surface area contributed by atoms with Crippen molar-refractivity contribution in [2.75, 3.05) is 7.05 Å². The van der Waals surface area contributed by atoms with Gasteiger partial charge in [-0.05, 0) is 50.4 Å². The fraction of sp³-hybridized carbons (Fsp3) is 0.571. The van der Waals surface area contributed by atoms with Crippen LogP contribution in [0.2, 0.25) is 0 Å². The lowest BCUT2D eigenvalue weighted by atomic mass is 9.92. The van der Waals surface area contributed by atoms with Crippen LogP contribution in [0.1, 0.15) is 31.2 Å². The summed E-state index contributed by atoms with van der Waals surface area (Å²) in [6, 6.07) is 7.23. The molecule has 0 bridgehead atoms. The Morgan fingerprint density at radius 1 is 1.18 bits per heavy atom. The van der Waals surface area contributed by atoms with Gasteiger partial charge >= 0.3 is 0 Å². The van der Waals surface area contributed by atoms with Crippen molar-refractivity contribution in [1.82, 2.24) is 4.90 Å². The number of aliphatic hydroxyl groups is 1. The first-order chi connectivity index (χ1) is 8.15. The zero-order valence-electron chi connectivity index (χ0n) is 10.3. The van der Waals surface area contributed by atoms with Crippen molar-refractivity contribution in [3.63, 3.8) is 0 Å². The Hall–Kier alpha value is -0.930. The molecule has 0 heterocycles. The summed E-state index contributed by atoms with van der Waals surface area (Å²) in [6.07, 6.45) is 3.81. The van der Waals surface area contributed by atoms with Crippen LogP contribution in [0.4, 0.5) is 4.39 Å². The second-order valence-electron chi connectivity index (χ2n) is 5.00. The lowest BCUT2D eigenvalue weighted by molar-refractivity contribution is 0.0818. The van der Waals surface area contributed by atoms with Gasteiger partial charge in [0.1, 0.15) is 5.82 Å². The van der Waals surface area contributed by atoms with Crippen LogP contribution in [0.3, 0.4) is 0 Å². The molecule has 0 aromatic heterocycles. The van der Waals surface area contributed by atoms with Crippen molar-refractivity contribution in [3.05, 3.63) is 35.6 Å². The summed E-state index contributed by atoms with van der Waals surface area (Å²) in [5.74, 6) is -0.183. The third-order valence-corrected chi connectivity index (χ3v) is 3.63. The Kier molecular flexibility index (Phi) is 4.13. The summed E-state index contributed by atoms with van der Waals surface area (Å²) in [7, 11) is 2.10. The second kappa shape index (κ2) is 5.61. The smallest absolute Gasteiger partial charge is 0.123 e. The van der Waals surface area contributed by atoms with Gasteiger partial charge in [-0.25, -0.2) is 4.39 Å². The van der Waals surface area contributed by atoms with Crippen molar-refractivity contribution in [1.29, 1.82) is 0 Å². The number of rotatable bonds is 3. The molecule has 17 heavy (non-hydrogen) atoms. The van der Waals surface area contributed by atoms with E-state index in [9.17, 15) is 9.50 Å². The predicted octanol–water partition coefficient (Wildman–Crippen LogP) is 2.56. The standard InChI is InChI=1S/C14H20FNO/c1-16(13-6-8-14(17)9-7-13)10-11-2-4-12(15)5-3-11/h2-5,13-14,17H,6-10H2,1H3. The predicted molar refractivity (Wildman–Crippen MR) is 66.1 cm³/mol. The molecule has 1 aromatic rings. The molecule has 1 aliphatic rings. The van der Waals surface area contributed by atoms with E-state index in [0.29, 0.717) is 6.04 Å². The lowest BCUT2D eigenvalue weighted by Gasteiger charge is -2.33. The van der Waals surface area contributed by atoms with Crippen LogP contribution in [0.25, 0.3) is 0 Å². The molecule has 3 heteroatoms. The minimum absolute atomic E-state index is 0.106. The monoisotopic (exact) mass is 237 g/mol. The van der Waals surface area contributed by atoms with E-state index in [0.717, 1.165) is 37.8 Å². The molecule has 2 nitrogen and oxygen atoms in total. The maximum absolute atomic E-state index is 12.8. The Labute approximate surface area is 102 Å². The fourth-order valence-electron chi connectivity index (χ4n) is 2.51. The third kappa shape index (κ3) is 3.51. The molecule has 1 aliphatic carbocycles. The summed E-state index contributed by atoms with van der Waals surface area (Å²) in [4.78, 5) is 2.30. The van der Waals surface area contributed by atoms with Crippen LogP contribution in [-0.4, -0.2) is 29.2 Å². The van der Waals surface area contributed by atoms with Crippen molar-refractivity contribution in [2.45, 2.75) is 44.4 Å². The first-order valence-electron chi connectivity index (χ1n) is 6.28. The van der Waals surface area contributed by atoms with Crippen LogP contribution in [0.5, 0.6) is 0 Å². The van der Waals surface area contributed by atoms with Gasteiger partial charge in [-0.3, -0.25) is 4.90 Å². The van der Waals surface area contributed by atoms with E-state index in [1.54, 1.807) is 0 Å². The normalized spacial score (nSPS) is 25.2. The molecule has 1 N–H and O–H groups in total. The van der Waals surface area contributed by atoms with E-state index < -0.39 is 0 Å². The molecular formula is C14H20FNO.